The molecular weight excluding hydrogens is 229 g/mol. The Morgan fingerprint density at radius 3 is 2.35 bits per heavy atom. The van der Waals surface area contributed by atoms with Crippen LogP contribution in [0.3, 0.4) is 0 Å². The van der Waals surface area contributed by atoms with Crippen molar-refractivity contribution in [2.45, 2.75) is 33.4 Å². The number of nitrogens with one attached hydrogen (secondary N) is 1. The van der Waals surface area contributed by atoms with E-state index in [1.54, 1.807) is 6.92 Å². The Balaban J connectivity index is 2.65. The lowest BCUT2D eigenvalue weighted by Crippen LogP contribution is -2.45. The van der Waals surface area contributed by atoms with Crippen LogP contribution in [0.1, 0.15) is 27.2 Å². The molecule has 2 nitrogen and oxygen atoms in total. The van der Waals surface area contributed by atoms with E-state index in [2.05, 4.69) is 19.2 Å². The maximum Gasteiger partial charge on any atom is 0.401 e. The van der Waals surface area contributed by atoms with Crippen LogP contribution in [0.15, 0.2) is 0 Å². The summed E-state index contributed by atoms with van der Waals surface area (Å²) in [7, 11) is 0. The van der Waals surface area contributed by atoms with Gasteiger partial charge in [0, 0.05) is 13.1 Å². The highest BCUT2D eigenvalue weighted by Crippen LogP contribution is 2.35. The first-order chi connectivity index (χ1) is 7.79. The first-order valence-electron chi connectivity index (χ1n) is 6.29. The van der Waals surface area contributed by atoms with Gasteiger partial charge in [-0.2, -0.15) is 13.2 Å². The van der Waals surface area contributed by atoms with Gasteiger partial charge in [0.05, 0.1) is 6.54 Å². The fourth-order valence-electron chi connectivity index (χ4n) is 2.55. The molecule has 1 heterocycles. The first kappa shape index (κ1) is 14.8. The van der Waals surface area contributed by atoms with Crippen molar-refractivity contribution in [1.82, 2.24) is 10.2 Å². The molecule has 0 spiro atoms. The van der Waals surface area contributed by atoms with E-state index in [0.717, 1.165) is 19.5 Å². The Hall–Kier alpha value is -0.290. The largest absolute Gasteiger partial charge is 0.401 e. The smallest absolute Gasteiger partial charge is 0.316 e. The summed E-state index contributed by atoms with van der Waals surface area (Å²) in [4.78, 5) is 1.52. The molecule has 1 saturated heterocycles. The van der Waals surface area contributed by atoms with Crippen molar-refractivity contribution in [2.24, 2.45) is 11.3 Å². The first-order valence-corrected chi connectivity index (χ1v) is 6.29. The highest BCUT2D eigenvalue weighted by atomic mass is 19.4. The number of hydrogen-bond donors (Lipinski definition) is 1. The van der Waals surface area contributed by atoms with Crippen molar-refractivity contribution in [3.63, 3.8) is 0 Å². The van der Waals surface area contributed by atoms with Crippen molar-refractivity contribution in [3.8, 4) is 0 Å². The predicted octanol–water partition coefficient (Wildman–Crippen LogP) is 2.51. The van der Waals surface area contributed by atoms with Crippen molar-refractivity contribution < 1.29 is 13.2 Å². The van der Waals surface area contributed by atoms with Gasteiger partial charge < -0.3 is 5.32 Å². The van der Waals surface area contributed by atoms with Gasteiger partial charge in [-0.05, 0) is 30.8 Å². The average molecular weight is 252 g/mol. The lowest BCUT2D eigenvalue weighted by Gasteiger charge is -2.38. The zero-order chi connectivity index (χ0) is 13.1. The van der Waals surface area contributed by atoms with E-state index < -0.39 is 12.7 Å². The molecule has 1 unspecified atom stereocenters. The minimum Gasteiger partial charge on any atom is -0.316 e. The molecule has 1 aliphatic heterocycles. The molecule has 5 heteroatoms. The summed E-state index contributed by atoms with van der Waals surface area (Å²) in [5.74, 6) is 0.403. The van der Waals surface area contributed by atoms with Gasteiger partial charge >= 0.3 is 6.18 Å². The molecule has 1 atom stereocenters. The third-order valence-electron chi connectivity index (χ3n) is 3.89. The van der Waals surface area contributed by atoms with Crippen LogP contribution in [-0.4, -0.2) is 43.8 Å². The monoisotopic (exact) mass is 252 g/mol. The van der Waals surface area contributed by atoms with E-state index in [0.29, 0.717) is 19.0 Å². The summed E-state index contributed by atoms with van der Waals surface area (Å²) < 4.78 is 37.3. The lowest BCUT2D eigenvalue weighted by molar-refractivity contribution is -0.149. The molecule has 1 aliphatic rings. The summed E-state index contributed by atoms with van der Waals surface area (Å²) in [6.45, 7) is 7.95. The van der Waals surface area contributed by atoms with E-state index in [4.69, 9.17) is 0 Å². The number of alkyl halides is 3. The molecule has 0 amide bonds. The van der Waals surface area contributed by atoms with Gasteiger partial charge in [0.2, 0.25) is 0 Å². The van der Waals surface area contributed by atoms with Gasteiger partial charge in [-0.3, -0.25) is 4.90 Å². The molecule has 1 fully saturated rings. The fraction of sp³-hybridized carbons (Fsp3) is 1.00. The second-order valence-corrected chi connectivity index (χ2v) is 5.36. The topological polar surface area (TPSA) is 15.3 Å². The fourth-order valence-corrected chi connectivity index (χ4v) is 2.55. The summed E-state index contributed by atoms with van der Waals surface area (Å²) >= 11 is 0. The van der Waals surface area contributed by atoms with Crippen molar-refractivity contribution in [3.05, 3.63) is 0 Å². The Bertz CT molecular complexity index is 232. The maximum atomic E-state index is 12.4. The van der Waals surface area contributed by atoms with Crippen molar-refractivity contribution in [2.75, 3.05) is 32.7 Å². The third-order valence-corrected chi connectivity index (χ3v) is 3.89. The van der Waals surface area contributed by atoms with Gasteiger partial charge in [-0.15, -0.1) is 0 Å². The molecule has 1 rings (SSSR count). The Labute approximate surface area is 102 Å². The lowest BCUT2D eigenvalue weighted by atomic mass is 9.76. The SMILES string of the molecule is CCN(CC(F)(F)F)CC1(C(C)C)CCNC1. The number of rotatable bonds is 5. The van der Waals surface area contributed by atoms with Crippen molar-refractivity contribution >= 4 is 0 Å². The number of hydrogen-bond acceptors (Lipinski definition) is 2. The number of nitrogens with zero attached hydrogens (tertiary/aromatic N) is 1. The average Bonchev–Trinajstić information content (AvgIpc) is 2.64. The second-order valence-electron chi connectivity index (χ2n) is 5.36. The van der Waals surface area contributed by atoms with Crippen molar-refractivity contribution in [1.29, 1.82) is 0 Å². The van der Waals surface area contributed by atoms with Crippen LogP contribution >= 0.6 is 0 Å². The molecular formula is C12H23F3N2. The van der Waals surface area contributed by atoms with Gasteiger partial charge in [0.15, 0.2) is 0 Å². The molecule has 1 N–H and O–H groups in total. The van der Waals surface area contributed by atoms with Gasteiger partial charge in [-0.25, -0.2) is 0 Å². The van der Waals surface area contributed by atoms with Crippen LogP contribution in [0.5, 0.6) is 0 Å². The summed E-state index contributed by atoms with van der Waals surface area (Å²) in [5.41, 5.74) is 0.00125. The van der Waals surface area contributed by atoms with Crippen LogP contribution in [0.25, 0.3) is 0 Å². The van der Waals surface area contributed by atoms with Gasteiger partial charge in [-0.1, -0.05) is 20.8 Å². The van der Waals surface area contributed by atoms with Gasteiger partial charge in [0.25, 0.3) is 0 Å². The van der Waals surface area contributed by atoms with Crippen LogP contribution in [0.2, 0.25) is 0 Å². The minimum atomic E-state index is -4.10. The Kier molecular flexibility index (Phi) is 4.84. The number of halogens is 3. The van der Waals surface area contributed by atoms with Gasteiger partial charge in [0.1, 0.15) is 0 Å². The molecule has 0 radical (unpaired) electrons. The molecule has 0 bridgehead atoms. The normalized spacial score (nSPS) is 26.1. The standard InChI is InChI=1S/C12H23F3N2/c1-4-17(9-12(13,14)15)8-11(10(2)3)5-6-16-7-11/h10,16H,4-9H2,1-3H3. The zero-order valence-electron chi connectivity index (χ0n) is 10.9. The van der Waals surface area contributed by atoms with Crippen LogP contribution in [-0.2, 0) is 0 Å². The highest BCUT2D eigenvalue weighted by Gasteiger charge is 2.40. The van der Waals surface area contributed by atoms with E-state index in [9.17, 15) is 13.2 Å². The van der Waals surface area contributed by atoms with E-state index in [-0.39, 0.29) is 5.41 Å². The molecule has 0 aliphatic carbocycles. The summed E-state index contributed by atoms with van der Waals surface area (Å²) in [6, 6.07) is 0. The van der Waals surface area contributed by atoms with Crippen LogP contribution in [0, 0.1) is 11.3 Å². The minimum absolute atomic E-state index is 0.00125. The third kappa shape index (κ3) is 4.14. The Morgan fingerprint density at radius 2 is 2.00 bits per heavy atom. The van der Waals surface area contributed by atoms with E-state index in [1.807, 2.05) is 0 Å². The summed E-state index contributed by atoms with van der Waals surface area (Å²) in [6.07, 6.45) is -3.13. The molecule has 0 aromatic carbocycles. The molecule has 17 heavy (non-hydrogen) atoms. The van der Waals surface area contributed by atoms with E-state index in [1.165, 1.54) is 4.90 Å². The van der Waals surface area contributed by atoms with Crippen LogP contribution in [0.4, 0.5) is 13.2 Å². The van der Waals surface area contributed by atoms with E-state index >= 15 is 0 Å². The van der Waals surface area contributed by atoms with Crippen LogP contribution < -0.4 is 5.32 Å². The second kappa shape index (κ2) is 5.57. The molecule has 0 aromatic rings. The molecule has 0 saturated carbocycles. The Morgan fingerprint density at radius 1 is 1.35 bits per heavy atom. The maximum absolute atomic E-state index is 12.4. The summed E-state index contributed by atoms with van der Waals surface area (Å²) in [5, 5.41) is 3.28. The highest BCUT2D eigenvalue weighted by molar-refractivity contribution is 4.92. The predicted molar refractivity (Wildman–Crippen MR) is 62.9 cm³/mol. The molecule has 0 aromatic heterocycles. The quantitative estimate of drug-likeness (QED) is 0.808. The zero-order valence-corrected chi connectivity index (χ0v) is 10.9. The molecule has 102 valence electrons.